The second-order valence-corrected chi connectivity index (χ2v) is 6.18. The zero-order chi connectivity index (χ0) is 19.5. The second-order valence-electron chi connectivity index (χ2n) is 6.18. The summed E-state index contributed by atoms with van der Waals surface area (Å²) in [6.45, 7) is 2.12. The number of hydrogen-bond acceptors (Lipinski definition) is 7. The number of nitrogens with zero attached hydrogens (tertiary/aromatic N) is 4. The highest BCUT2D eigenvalue weighted by atomic mass is 16.5. The largest absolute Gasteiger partial charge is 0.493 e. The second kappa shape index (κ2) is 7.51. The molecule has 8 heteroatoms. The number of methoxy groups -OCH3 is 2. The normalized spacial score (nSPS) is 11.4. The fourth-order valence-corrected chi connectivity index (χ4v) is 2.98. The summed E-state index contributed by atoms with van der Waals surface area (Å²) in [7, 11) is 3.19. The van der Waals surface area contributed by atoms with Crippen LogP contribution in [0.5, 0.6) is 11.5 Å². The highest BCUT2D eigenvalue weighted by Crippen LogP contribution is 2.27. The van der Waals surface area contributed by atoms with Crippen LogP contribution in [-0.2, 0) is 6.42 Å². The third-order valence-corrected chi connectivity index (χ3v) is 4.47. The van der Waals surface area contributed by atoms with Crippen molar-refractivity contribution in [2.24, 2.45) is 5.10 Å². The van der Waals surface area contributed by atoms with E-state index in [1.807, 2.05) is 24.3 Å². The van der Waals surface area contributed by atoms with Crippen molar-refractivity contribution in [3.8, 4) is 11.5 Å². The van der Waals surface area contributed by atoms with Gasteiger partial charge in [-0.2, -0.15) is 10.1 Å². The van der Waals surface area contributed by atoms with E-state index >= 15 is 0 Å². The molecule has 142 valence electrons. The standard InChI is InChI=1S/C20H20N6O2/c1-4-12-5-7-15-14(9-12)18-19(22-15)23-20(26-24-18)25-21-11-13-6-8-16(27-2)17(10-13)28-3/h5-11H,4H2,1-3H3,(H2,22,23,25,26). The van der Waals surface area contributed by atoms with Crippen LogP contribution in [0.3, 0.4) is 0 Å². The van der Waals surface area contributed by atoms with Crippen LogP contribution < -0.4 is 14.9 Å². The van der Waals surface area contributed by atoms with Gasteiger partial charge in [0.15, 0.2) is 17.1 Å². The van der Waals surface area contributed by atoms with Crippen LogP contribution in [0.15, 0.2) is 41.5 Å². The number of ether oxygens (including phenoxy) is 2. The number of nitrogens with one attached hydrogen (secondary N) is 2. The summed E-state index contributed by atoms with van der Waals surface area (Å²) in [5.74, 6) is 1.61. The van der Waals surface area contributed by atoms with Gasteiger partial charge in [0, 0.05) is 10.9 Å². The molecule has 0 fully saturated rings. The molecule has 4 rings (SSSR count). The number of aryl methyl sites for hydroxylation is 1. The van der Waals surface area contributed by atoms with Crippen molar-refractivity contribution in [2.75, 3.05) is 19.6 Å². The number of H-pyrrole nitrogens is 1. The molecule has 0 saturated heterocycles. The van der Waals surface area contributed by atoms with E-state index in [0.29, 0.717) is 23.1 Å². The molecule has 0 atom stereocenters. The van der Waals surface area contributed by atoms with Gasteiger partial charge in [-0.25, -0.2) is 5.43 Å². The monoisotopic (exact) mass is 376 g/mol. The molecule has 0 aliphatic heterocycles. The molecule has 2 N–H and O–H groups in total. The minimum absolute atomic E-state index is 0.312. The zero-order valence-electron chi connectivity index (χ0n) is 15.9. The minimum atomic E-state index is 0.312. The summed E-state index contributed by atoms with van der Waals surface area (Å²) in [6.07, 6.45) is 2.61. The van der Waals surface area contributed by atoms with E-state index in [1.165, 1.54) is 5.56 Å². The van der Waals surface area contributed by atoms with Crippen molar-refractivity contribution in [3.05, 3.63) is 47.5 Å². The molecule has 4 aromatic rings. The number of fused-ring (bicyclic) bond motifs is 3. The van der Waals surface area contributed by atoms with Crippen molar-refractivity contribution < 1.29 is 9.47 Å². The van der Waals surface area contributed by atoms with Crippen LogP contribution in [0, 0.1) is 0 Å². The quantitative estimate of drug-likeness (QED) is 0.395. The third kappa shape index (κ3) is 3.32. The van der Waals surface area contributed by atoms with Crippen molar-refractivity contribution in [1.29, 1.82) is 0 Å². The molecule has 8 nitrogen and oxygen atoms in total. The van der Waals surface area contributed by atoms with Crippen LogP contribution >= 0.6 is 0 Å². The maximum atomic E-state index is 5.29. The van der Waals surface area contributed by atoms with Crippen molar-refractivity contribution in [2.45, 2.75) is 13.3 Å². The summed E-state index contributed by atoms with van der Waals surface area (Å²) < 4.78 is 10.5. The maximum Gasteiger partial charge on any atom is 0.265 e. The predicted octanol–water partition coefficient (Wildman–Crippen LogP) is 3.53. The third-order valence-electron chi connectivity index (χ3n) is 4.47. The fraction of sp³-hybridized carbons (Fsp3) is 0.200. The van der Waals surface area contributed by atoms with Gasteiger partial charge in [0.05, 0.1) is 20.4 Å². The van der Waals surface area contributed by atoms with E-state index in [-0.39, 0.29) is 0 Å². The van der Waals surface area contributed by atoms with Crippen molar-refractivity contribution in [1.82, 2.24) is 20.2 Å². The number of hydrogen-bond donors (Lipinski definition) is 2. The Morgan fingerprint density at radius 1 is 1.07 bits per heavy atom. The lowest BCUT2D eigenvalue weighted by Crippen LogP contribution is -1.99. The number of benzene rings is 2. The van der Waals surface area contributed by atoms with Crippen LogP contribution in [-0.4, -0.2) is 40.6 Å². The highest BCUT2D eigenvalue weighted by Gasteiger charge is 2.09. The molecule has 0 unspecified atom stereocenters. The molecule has 28 heavy (non-hydrogen) atoms. The van der Waals surface area contributed by atoms with Gasteiger partial charge in [-0.15, -0.1) is 10.2 Å². The lowest BCUT2D eigenvalue weighted by Gasteiger charge is -2.07. The van der Waals surface area contributed by atoms with Gasteiger partial charge in [0.2, 0.25) is 0 Å². The molecule has 0 amide bonds. The van der Waals surface area contributed by atoms with E-state index in [2.05, 4.69) is 49.7 Å². The number of aromatic amines is 1. The van der Waals surface area contributed by atoms with Crippen LogP contribution in [0.4, 0.5) is 5.95 Å². The Morgan fingerprint density at radius 2 is 1.93 bits per heavy atom. The Morgan fingerprint density at radius 3 is 2.71 bits per heavy atom. The molecule has 2 aromatic carbocycles. The molecule has 0 aliphatic carbocycles. The van der Waals surface area contributed by atoms with E-state index in [0.717, 1.165) is 28.4 Å². The Balaban J connectivity index is 1.56. The number of aromatic nitrogens is 4. The molecular weight excluding hydrogens is 356 g/mol. The molecule has 2 aromatic heterocycles. The topological polar surface area (TPSA) is 97.3 Å². The van der Waals surface area contributed by atoms with Gasteiger partial charge < -0.3 is 14.5 Å². The SMILES string of the molecule is CCc1ccc2[nH]c3nc(NN=Cc4ccc(OC)c(OC)c4)nnc3c2c1. The van der Waals surface area contributed by atoms with Crippen LogP contribution in [0.1, 0.15) is 18.1 Å². The summed E-state index contributed by atoms with van der Waals surface area (Å²) in [5, 5.41) is 13.6. The van der Waals surface area contributed by atoms with Gasteiger partial charge in [-0.05, 0) is 47.9 Å². The minimum Gasteiger partial charge on any atom is -0.493 e. The molecule has 0 spiro atoms. The number of rotatable bonds is 6. The molecular formula is C20H20N6O2. The summed E-state index contributed by atoms with van der Waals surface area (Å²) in [4.78, 5) is 7.73. The van der Waals surface area contributed by atoms with Gasteiger partial charge in [-0.1, -0.05) is 13.0 Å². The molecule has 0 bridgehead atoms. The fourth-order valence-electron chi connectivity index (χ4n) is 2.98. The first-order chi connectivity index (χ1) is 13.7. The average Bonchev–Trinajstić information content (AvgIpc) is 3.10. The van der Waals surface area contributed by atoms with E-state index in [1.54, 1.807) is 20.4 Å². The Kier molecular flexibility index (Phi) is 4.76. The maximum absolute atomic E-state index is 5.29. The van der Waals surface area contributed by atoms with Gasteiger partial charge in [0.25, 0.3) is 5.95 Å². The highest BCUT2D eigenvalue weighted by molar-refractivity contribution is 6.03. The molecule has 0 aliphatic rings. The summed E-state index contributed by atoms with van der Waals surface area (Å²) in [5.41, 5.74) is 7.31. The molecule has 2 heterocycles. The van der Waals surface area contributed by atoms with Gasteiger partial charge >= 0.3 is 0 Å². The number of hydrazone groups is 1. The average molecular weight is 376 g/mol. The van der Waals surface area contributed by atoms with E-state index in [9.17, 15) is 0 Å². The summed E-state index contributed by atoms with van der Waals surface area (Å²) >= 11 is 0. The first kappa shape index (κ1) is 17.7. The predicted molar refractivity (Wildman–Crippen MR) is 109 cm³/mol. The van der Waals surface area contributed by atoms with Gasteiger partial charge in [-0.3, -0.25) is 0 Å². The smallest absolute Gasteiger partial charge is 0.265 e. The van der Waals surface area contributed by atoms with Crippen LogP contribution in [0.25, 0.3) is 22.1 Å². The first-order valence-electron chi connectivity index (χ1n) is 8.88. The van der Waals surface area contributed by atoms with Crippen molar-refractivity contribution in [3.63, 3.8) is 0 Å². The van der Waals surface area contributed by atoms with E-state index in [4.69, 9.17) is 9.47 Å². The lowest BCUT2D eigenvalue weighted by molar-refractivity contribution is 0.355. The van der Waals surface area contributed by atoms with Crippen LogP contribution in [0.2, 0.25) is 0 Å². The van der Waals surface area contributed by atoms with Gasteiger partial charge in [0.1, 0.15) is 5.52 Å². The lowest BCUT2D eigenvalue weighted by atomic mass is 10.1. The Labute approximate surface area is 161 Å². The number of anilines is 1. The molecule has 0 saturated carbocycles. The van der Waals surface area contributed by atoms with Crippen molar-refractivity contribution >= 4 is 34.2 Å². The molecule has 0 radical (unpaired) electrons. The summed E-state index contributed by atoms with van der Waals surface area (Å²) in [6, 6.07) is 11.8. The zero-order valence-corrected chi connectivity index (χ0v) is 15.9. The Bertz CT molecular complexity index is 1170. The first-order valence-corrected chi connectivity index (χ1v) is 8.88. The van der Waals surface area contributed by atoms with E-state index < -0.39 is 0 Å². The Hall–Kier alpha value is -3.68.